The zero-order valence-corrected chi connectivity index (χ0v) is 17.7. The van der Waals surface area contributed by atoms with Crippen LogP contribution in [0.25, 0.3) is 21.9 Å². The van der Waals surface area contributed by atoms with Gasteiger partial charge in [-0.1, -0.05) is 11.6 Å². The first-order valence-electron chi connectivity index (χ1n) is 10.2. The summed E-state index contributed by atoms with van der Waals surface area (Å²) in [5.41, 5.74) is 4.15. The molecule has 1 aliphatic rings. The smallest absolute Gasteiger partial charge is 0.336 e. The number of hydrogen-bond acceptors (Lipinski definition) is 4. The van der Waals surface area contributed by atoms with Crippen LogP contribution in [0.1, 0.15) is 35.7 Å². The molecule has 2 aromatic heterocycles. The van der Waals surface area contributed by atoms with Crippen LogP contribution in [0.4, 0.5) is 0 Å². The van der Waals surface area contributed by atoms with Gasteiger partial charge in [-0.2, -0.15) is 0 Å². The minimum atomic E-state index is -0.410. The topological polar surface area (TPSA) is 84.3 Å². The largest absolute Gasteiger partial charge is 0.484 e. The molecule has 0 saturated carbocycles. The lowest BCUT2D eigenvalue weighted by Gasteiger charge is -2.24. The summed E-state index contributed by atoms with van der Waals surface area (Å²) in [6.45, 7) is 1.73. The molecule has 0 radical (unpaired) electrons. The van der Waals surface area contributed by atoms with Gasteiger partial charge in [0, 0.05) is 39.1 Å². The number of ether oxygens (including phenoxy) is 1. The Kier molecular flexibility index (Phi) is 4.94. The molecule has 0 unspecified atom stereocenters. The molecular weight excluding hydrogens is 416 g/mol. The second-order valence-electron chi connectivity index (χ2n) is 7.91. The van der Waals surface area contributed by atoms with E-state index in [2.05, 4.69) is 10.3 Å². The summed E-state index contributed by atoms with van der Waals surface area (Å²) >= 11 is 6.17. The number of halogens is 1. The lowest BCUT2D eigenvalue weighted by molar-refractivity contribution is -0.124. The monoisotopic (exact) mass is 436 g/mol. The third kappa shape index (κ3) is 3.79. The van der Waals surface area contributed by atoms with Crippen molar-refractivity contribution in [1.82, 2.24) is 10.3 Å². The van der Waals surface area contributed by atoms with E-state index in [0.29, 0.717) is 16.4 Å². The molecule has 4 aromatic rings. The Morgan fingerprint density at radius 3 is 2.97 bits per heavy atom. The van der Waals surface area contributed by atoms with Crippen molar-refractivity contribution in [3.63, 3.8) is 0 Å². The Morgan fingerprint density at radius 2 is 2.10 bits per heavy atom. The van der Waals surface area contributed by atoms with Crippen LogP contribution in [0.2, 0.25) is 5.02 Å². The van der Waals surface area contributed by atoms with Crippen molar-refractivity contribution >= 4 is 39.4 Å². The molecule has 2 aromatic carbocycles. The van der Waals surface area contributed by atoms with Gasteiger partial charge in [-0.15, -0.1) is 0 Å². The second kappa shape index (κ2) is 7.78. The molecular formula is C24H21ClN2O4. The molecule has 7 heteroatoms. The molecule has 0 bridgehead atoms. The summed E-state index contributed by atoms with van der Waals surface area (Å²) in [6.07, 6.45) is 2.81. The molecule has 1 atom stereocenters. The van der Waals surface area contributed by atoms with Gasteiger partial charge in [0.15, 0.2) is 6.61 Å². The molecule has 2 heterocycles. The number of carbonyl (C=O) groups excluding carboxylic acids is 1. The maximum atomic E-state index is 12.6. The van der Waals surface area contributed by atoms with Crippen LogP contribution in [0.3, 0.4) is 0 Å². The highest BCUT2D eigenvalue weighted by Gasteiger charge is 2.25. The highest BCUT2D eigenvalue weighted by molar-refractivity contribution is 6.31. The fourth-order valence-corrected chi connectivity index (χ4v) is 4.53. The standard InChI is InChI=1S/C24H21ClN2O4/c1-13-9-23(29)31-21-11-15(6-7-16(13)21)30-12-22(28)26-20-4-2-3-17-18-10-14(25)5-8-19(18)27-24(17)20/h5-11,20,27H,2-4,12H2,1H3,(H,26,28)/t20-/m0/s1. The van der Waals surface area contributed by atoms with Gasteiger partial charge in [-0.25, -0.2) is 4.79 Å². The summed E-state index contributed by atoms with van der Waals surface area (Å²) in [7, 11) is 0. The number of amides is 1. The SMILES string of the molecule is Cc1cc(=O)oc2cc(OCC(=O)N[C@H]3CCCc4c3[nH]c3ccc(Cl)cc43)ccc12. The third-order valence-corrected chi connectivity index (χ3v) is 6.03. The van der Waals surface area contributed by atoms with Crippen LogP contribution in [-0.2, 0) is 11.2 Å². The first-order valence-corrected chi connectivity index (χ1v) is 10.6. The zero-order valence-electron chi connectivity index (χ0n) is 17.0. The Morgan fingerprint density at radius 1 is 1.23 bits per heavy atom. The number of aryl methyl sites for hydroxylation is 2. The quantitative estimate of drug-likeness (QED) is 0.450. The van der Waals surface area contributed by atoms with Gasteiger partial charge in [0.05, 0.1) is 6.04 Å². The predicted molar refractivity (Wildman–Crippen MR) is 120 cm³/mol. The van der Waals surface area contributed by atoms with Crippen molar-refractivity contribution < 1.29 is 13.9 Å². The second-order valence-corrected chi connectivity index (χ2v) is 8.35. The van der Waals surface area contributed by atoms with Gasteiger partial charge in [0.2, 0.25) is 0 Å². The molecule has 31 heavy (non-hydrogen) atoms. The minimum Gasteiger partial charge on any atom is -0.484 e. The van der Waals surface area contributed by atoms with Gasteiger partial charge in [0.25, 0.3) is 5.91 Å². The number of aromatic nitrogens is 1. The molecule has 1 amide bonds. The summed E-state index contributed by atoms with van der Waals surface area (Å²) in [6, 6.07) is 12.4. The van der Waals surface area contributed by atoms with Crippen LogP contribution >= 0.6 is 11.6 Å². The van der Waals surface area contributed by atoms with Crippen molar-refractivity contribution in [3.05, 3.63) is 74.7 Å². The van der Waals surface area contributed by atoms with Gasteiger partial charge >= 0.3 is 5.63 Å². The van der Waals surface area contributed by atoms with Crippen LogP contribution in [-0.4, -0.2) is 17.5 Å². The van der Waals surface area contributed by atoms with Crippen molar-refractivity contribution in [1.29, 1.82) is 0 Å². The number of carbonyl (C=O) groups is 1. The molecule has 1 aliphatic carbocycles. The number of aromatic amines is 1. The fraction of sp³-hybridized carbons (Fsp3) is 0.250. The van der Waals surface area contributed by atoms with Crippen LogP contribution < -0.4 is 15.7 Å². The highest BCUT2D eigenvalue weighted by Crippen LogP contribution is 2.35. The van der Waals surface area contributed by atoms with E-state index in [-0.39, 0.29) is 18.6 Å². The van der Waals surface area contributed by atoms with E-state index >= 15 is 0 Å². The van der Waals surface area contributed by atoms with Gasteiger partial charge in [-0.05, 0) is 67.6 Å². The molecule has 0 fully saturated rings. The minimum absolute atomic E-state index is 0.0942. The van der Waals surface area contributed by atoms with Gasteiger partial charge in [-0.3, -0.25) is 4.79 Å². The number of benzene rings is 2. The van der Waals surface area contributed by atoms with E-state index in [1.54, 1.807) is 12.1 Å². The summed E-state index contributed by atoms with van der Waals surface area (Å²) in [5, 5.41) is 5.73. The van der Waals surface area contributed by atoms with Crippen LogP contribution in [0.15, 0.2) is 51.7 Å². The average Bonchev–Trinajstić information content (AvgIpc) is 3.11. The van der Waals surface area contributed by atoms with E-state index < -0.39 is 5.63 Å². The van der Waals surface area contributed by atoms with E-state index in [1.165, 1.54) is 11.6 Å². The van der Waals surface area contributed by atoms with Crippen LogP contribution in [0, 0.1) is 6.92 Å². The number of fused-ring (bicyclic) bond motifs is 4. The maximum Gasteiger partial charge on any atom is 0.336 e. The maximum absolute atomic E-state index is 12.6. The first-order chi connectivity index (χ1) is 15.0. The molecule has 2 N–H and O–H groups in total. The predicted octanol–water partition coefficient (Wildman–Crippen LogP) is 4.81. The molecule has 6 nitrogen and oxygen atoms in total. The number of nitrogens with one attached hydrogen (secondary N) is 2. The Balaban J connectivity index is 1.30. The number of H-pyrrole nitrogens is 1. The highest BCUT2D eigenvalue weighted by atomic mass is 35.5. The number of hydrogen-bond donors (Lipinski definition) is 2. The molecule has 158 valence electrons. The van der Waals surface area contributed by atoms with Crippen molar-refractivity contribution in [2.45, 2.75) is 32.2 Å². The van der Waals surface area contributed by atoms with Crippen LogP contribution in [0.5, 0.6) is 5.75 Å². The van der Waals surface area contributed by atoms with E-state index in [4.69, 9.17) is 20.8 Å². The van der Waals surface area contributed by atoms with Gasteiger partial charge in [0.1, 0.15) is 11.3 Å². The zero-order chi connectivity index (χ0) is 21.5. The normalized spacial score (nSPS) is 15.7. The molecule has 0 saturated heterocycles. The fourth-order valence-electron chi connectivity index (χ4n) is 4.36. The van der Waals surface area contributed by atoms with E-state index in [1.807, 2.05) is 31.2 Å². The van der Waals surface area contributed by atoms with E-state index in [9.17, 15) is 9.59 Å². The first kappa shape index (κ1) is 19.7. The van der Waals surface area contributed by atoms with Crippen molar-refractivity contribution in [2.24, 2.45) is 0 Å². The lowest BCUT2D eigenvalue weighted by atomic mass is 9.91. The third-order valence-electron chi connectivity index (χ3n) is 5.80. The summed E-state index contributed by atoms with van der Waals surface area (Å²) in [5.74, 6) is 0.265. The molecule has 0 aliphatic heterocycles. The average molecular weight is 437 g/mol. The summed E-state index contributed by atoms with van der Waals surface area (Å²) in [4.78, 5) is 27.6. The molecule has 0 spiro atoms. The Bertz CT molecular complexity index is 1370. The lowest BCUT2D eigenvalue weighted by Crippen LogP contribution is -2.34. The van der Waals surface area contributed by atoms with Gasteiger partial charge < -0.3 is 19.5 Å². The Hall–Kier alpha value is -3.25. The van der Waals surface area contributed by atoms with Crippen molar-refractivity contribution in [3.8, 4) is 5.75 Å². The van der Waals surface area contributed by atoms with E-state index in [0.717, 1.165) is 46.8 Å². The number of rotatable bonds is 4. The Labute approximate surface area is 183 Å². The van der Waals surface area contributed by atoms with Crippen molar-refractivity contribution in [2.75, 3.05) is 6.61 Å². The summed E-state index contributed by atoms with van der Waals surface area (Å²) < 4.78 is 10.9. The molecule has 5 rings (SSSR count).